The zero-order chi connectivity index (χ0) is 23.4. The van der Waals surface area contributed by atoms with Crippen LogP contribution in [0.2, 0.25) is 10.0 Å². The number of benzene rings is 3. The average Bonchev–Trinajstić information content (AvgIpc) is 2.74. The molecule has 0 saturated heterocycles. The Morgan fingerprint density at radius 2 is 1.44 bits per heavy atom. The third-order valence-electron chi connectivity index (χ3n) is 4.01. The van der Waals surface area contributed by atoms with Crippen LogP contribution in [-0.2, 0) is 0 Å². The van der Waals surface area contributed by atoms with Gasteiger partial charge in [-0.05, 0) is 30.3 Å². The molecule has 3 aromatic carbocycles. The van der Waals surface area contributed by atoms with Gasteiger partial charge in [0.2, 0.25) is 5.75 Å². The summed E-state index contributed by atoms with van der Waals surface area (Å²) in [7, 11) is 0. The van der Waals surface area contributed by atoms with E-state index in [1.807, 2.05) is 0 Å². The molecule has 0 spiro atoms. The van der Waals surface area contributed by atoms with Gasteiger partial charge in [-0.25, -0.2) is 0 Å². The lowest BCUT2D eigenvalue weighted by atomic mass is 10.2. The van der Waals surface area contributed by atoms with Crippen molar-refractivity contribution in [3.05, 3.63) is 101 Å². The SMILES string of the molecule is O=[N+]([O-])c1ccc(N=Cc2cc(Cl)cc(Cl)c2Oc2ccc([N+](=O)[O-])cc2[N+](=O)[O-])cc1. The first-order chi connectivity index (χ1) is 15.2. The molecule has 0 bridgehead atoms. The number of rotatable bonds is 7. The molecule has 0 aliphatic heterocycles. The van der Waals surface area contributed by atoms with Crippen molar-refractivity contribution in [3.63, 3.8) is 0 Å². The fraction of sp³-hybridized carbons (Fsp3) is 0. The first-order valence-corrected chi connectivity index (χ1v) is 9.29. The Hall–Kier alpha value is -4.09. The maximum absolute atomic E-state index is 11.4. The maximum atomic E-state index is 11.4. The van der Waals surface area contributed by atoms with Crippen LogP contribution in [0.1, 0.15) is 5.56 Å². The Kier molecular flexibility index (Phi) is 6.61. The highest BCUT2D eigenvalue weighted by Gasteiger charge is 2.23. The van der Waals surface area contributed by atoms with Gasteiger partial charge in [0.15, 0.2) is 5.75 Å². The first kappa shape index (κ1) is 22.6. The normalized spacial score (nSPS) is 10.8. The van der Waals surface area contributed by atoms with Crippen LogP contribution >= 0.6 is 23.2 Å². The lowest BCUT2D eigenvalue weighted by Gasteiger charge is -2.11. The molecule has 0 saturated carbocycles. The second-order valence-electron chi connectivity index (χ2n) is 6.11. The quantitative estimate of drug-likeness (QED) is 0.221. The van der Waals surface area contributed by atoms with Crippen molar-refractivity contribution < 1.29 is 19.5 Å². The zero-order valence-corrected chi connectivity index (χ0v) is 17.2. The molecule has 0 heterocycles. The molecule has 13 heteroatoms. The molecule has 0 aliphatic rings. The largest absolute Gasteiger partial charge is 0.448 e. The minimum Gasteiger partial charge on any atom is -0.448 e. The van der Waals surface area contributed by atoms with Gasteiger partial charge in [0, 0.05) is 35.0 Å². The van der Waals surface area contributed by atoms with E-state index < -0.39 is 26.1 Å². The topological polar surface area (TPSA) is 151 Å². The summed E-state index contributed by atoms with van der Waals surface area (Å²) >= 11 is 12.3. The molecule has 11 nitrogen and oxygen atoms in total. The predicted octanol–water partition coefficient (Wildman–Crippen LogP) is 6.26. The molecule has 0 fully saturated rings. The Balaban J connectivity index is 2.01. The highest BCUT2D eigenvalue weighted by Crippen LogP contribution is 2.39. The van der Waals surface area contributed by atoms with Crippen molar-refractivity contribution in [1.29, 1.82) is 0 Å². The molecule has 0 amide bonds. The lowest BCUT2D eigenvalue weighted by Crippen LogP contribution is -1.98. The van der Waals surface area contributed by atoms with Crippen molar-refractivity contribution in [1.82, 2.24) is 0 Å². The monoisotopic (exact) mass is 476 g/mol. The summed E-state index contributed by atoms with van der Waals surface area (Å²) in [5.74, 6) is -0.312. The summed E-state index contributed by atoms with van der Waals surface area (Å²) < 4.78 is 5.63. The highest BCUT2D eigenvalue weighted by molar-refractivity contribution is 6.36. The van der Waals surface area contributed by atoms with Crippen LogP contribution in [0.3, 0.4) is 0 Å². The van der Waals surface area contributed by atoms with Crippen molar-refractivity contribution in [2.24, 2.45) is 4.99 Å². The van der Waals surface area contributed by atoms with Gasteiger partial charge in [0.1, 0.15) is 0 Å². The van der Waals surface area contributed by atoms with Gasteiger partial charge >= 0.3 is 5.69 Å². The Morgan fingerprint density at radius 3 is 2.03 bits per heavy atom. The molecule has 0 aromatic heterocycles. The third kappa shape index (κ3) is 5.14. The fourth-order valence-corrected chi connectivity index (χ4v) is 3.09. The van der Waals surface area contributed by atoms with Crippen LogP contribution in [0.15, 0.2) is 59.6 Å². The number of non-ortho nitro benzene ring substituents is 2. The fourth-order valence-electron chi connectivity index (χ4n) is 2.55. The number of aliphatic imine (C=N–C) groups is 1. The van der Waals surface area contributed by atoms with Crippen molar-refractivity contribution in [3.8, 4) is 11.5 Å². The van der Waals surface area contributed by atoms with E-state index >= 15 is 0 Å². The summed E-state index contributed by atoms with van der Waals surface area (Å²) in [6.45, 7) is 0. The van der Waals surface area contributed by atoms with E-state index in [0.29, 0.717) is 5.69 Å². The molecular formula is C19H10Cl2N4O7. The molecule has 0 radical (unpaired) electrons. The zero-order valence-electron chi connectivity index (χ0n) is 15.7. The van der Waals surface area contributed by atoms with E-state index in [-0.39, 0.29) is 32.8 Å². The molecule has 3 aromatic rings. The summed E-state index contributed by atoms with van der Waals surface area (Å²) in [6, 6.07) is 11.1. The van der Waals surface area contributed by atoms with Crippen molar-refractivity contribution >= 4 is 52.2 Å². The minimum absolute atomic E-state index is 0.00954. The second-order valence-corrected chi connectivity index (χ2v) is 6.95. The standard InChI is InChI=1S/C19H10Cl2N4O7/c20-12-7-11(10-22-13-1-3-14(4-2-13)23(26)27)19(16(21)8-12)32-18-6-5-15(24(28)29)9-17(18)25(30)31/h1-10H. The lowest BCUT2D eigenvalue weighted by molar-refractivity contribution is -0.394. The molecule has 0 atom stereocenters. The maximum Gasteiger partial charge on any atom is 0.318 e. The predicted molar refractivity (Wildman–Crippen MR) is 117 cm³/mol. The number of nitrogens with zero attached hydrogens (tertiary/aromatic N) is 4. The molecule has 3 rings (SSSR count). The van der Waals surface area contributed by atoms with Crippen LogP contribution in [0.5, 0.6) is 11.5 Å². The Labute approximate surface area is 188 Å². The number of hydrogen-bond acceptors (Lipinski definition) is 8. The Morgan fingerprint density at radius 1 is 0.812 bits per heavy atom. The smallest absolute Gasteiger partial charge is 0.318 e. The number of nitro benzene ring substituents is 3. The second kappa shape index (κ2) is 9.37. The minimum atomic E-state index is -0.823. The molecular weight excluding hydrogens is 467 g/mol. The summed E-state index contributed by atoms with van der Waals surface area (Å²) in [6.07, 6.45) is 1.31. The summed E-state index contributed by atoms with van der Waals surface area (Å²) in [4.78, 5) is 35.1. The van der Waals surface area contributed by atoms with Gasteiger partial charge in [-0.3, -0.25) is 35.3 Å². The number of hydrogen-bond donors (Lipinski definition) is 0. The van der Waals surface area contributed by atoms with Gasteiger partial charge in [0.05, 0.1) is 31.5 Å². The Bertz CT molecular complexity index is 1260. The number of halogens is 2. The van der Waals surface area contributed by atoms with Crippen molar-refractivity contribution in [2.45, 2.75) is 0 Å². The average molecular weight is 477 g/mol. The van der Waals surface area contributed by atoms with Gasteiger partial charge in [-0.2, -0.15) is 0 Å². The molecule has 0 aliphatic carbocycles. The van der Waals surface area contributed by atoms with E-state index in [1.165, 1.54) is 42.6 Å². The van der Waals surface area contributed by atoms with Gasteiger partial charge < -0.3 is 4.74 Å². The molecule has 162 valence electrons. The van der Waals surface area contributed by atoms with Crippen LogP contribution in [0, 0.1) is 30.3 Å². The molecule has 32 heavy (non-hydrogen) atoms. The first-order valence-electron chi connectivity index (χ1n) is 8.54. The van der Waals surface area contributed by atoms with Crippen LogP contribution in [0.25, 0.3) is 0 Å². The van der Waals surface area contributed by atoms with Gasteiger partial charge in [-0.15, -0.1) is 0 Å². The third-order valence-corrected chi connectivity index (χ3v) is 4.51. The summed E-state index contributed by atoms with van der Waals surface area (Å²) in [5, 5.41) is 33.3. The van der Waals surface area contributed by atoms with E-state index in [9.17, 15) is 30.3 Å². The van der Waals surface area contributed by atoms with Gasteiger partial charge in [-0.1, -0.05) is 23.2 Å². The van der Waals surface area contributed by atoms with Crippen LogP contribution in [-0.4, -0.2) is 21.0 Å². The summed E-state index contributed by atoms with van der Waals surface area (Å²) in [5.41, 5.74) is -0.605. The van der Waals surface area contributed by atoms with Gasteiger partial charge in [0.25, 0.3) is 11.4 Å². The van der Waals surface area contributed by atoms with E-state index in [0.717, 1.165) is 18.2 Å². The molecule has 0 unspecified atom stereocenters. The number of nitro groups is 3. The highest BCUT2D eigenvalue weighted by atomic mass is 35.5. The molecule has 0 N–H and O–H groups in total. The van der Waals surface area contributed by atoms with Crippen LogP contribution in [0.4, 0.5) is 22.7 Å². The number of ether oxygens (including phenoxy) is 1. The van der Waals surface area contributed by atoms with Crippen LogP contribution < -0.4 is 4.74 Å². The van der Waals surface area contributed by atoms with E-state index in [4.69, 9.17) is 27.9 Å². The van der Waals surface area contributed by atoms with E-state index in [2.05, 4.69) is 4.99 Å². The van der Waals surface area contributed by atoms with Crippen molar-refractivity contribution in [2.75, 3.05) is 0 Å². The van der Waals surface area contributed by atoms with E-state index in [1.54, 1.807) is 0 Å².